The van der Waals surface area contributed by atoms with E-state index in [0.717, 1.165) is 11.0 Å². The molecule has 7 heteroatoms. The Morgan fingerprint density at radius 1 is 1.17 bits per heavy atom. The Labute approximate surface area is 136 Å². The number of carboxylic acids is 1. The largest absolute Gasteiger partial charge is 0.478 e. The first kappa shape index (κ1) is 14.9. The van der Waals surface area contributed by atoms with Crippen molar-refractivity contribution in [2.75, 3.05) is 18.0 Å². The molecule has 124 valence electrons. The quantitative estimate of drug-likeness (QED) is 0.782. The summed E-state index contributed by atoms with van der Waals surface area (Å²) in [7, 11) is 0. The van der Waals surface area contributed by atoms with Crippen LogP contribution in [0.15, 0.2) is 36.5 Å². The molecule has 1 saturated heterocycles. The lowest BCUT2D eigenvalue weighted by Gasteiger charge is -2.33. The molecule has 2 aromatic heterocycles. The third-order valence-corrected chi connectivity index (χ3v) is 4.48. The molecule has 0 radical (unpaired) electrons. The van der Waals surface area contributed by atoms with Crippen LogP contribution in [0.1, 0.15) is 23.2 Å². The van der Waals surface area contributed by atoms with Crippen LogP contribution in [-0.2, 0) is 0 Å². The van der Waals surface area contributed by atoms with Crippen molar-refractivity contribution in [2.45, 2.75) is 18.8 Å². The van der Waals surface area contributed by atoms with Crippen LogP contribution in [0.25, 0.3) is 16.6 Å². The topological polar surface area (TPSA) is 57.8 Å². The number of carbonyl (C=O) groups is 1. The lowest BCUT2D eigenvalue weighted by atomic mass is 10.1. The Kier molecular flexibility index (Phi) is 3.19. The average molecular weight is 331 g/mol. The molecule has 1 fully saturated rings. The van der Waals surface area contributed by atoms with Gasteiger partial charge in [-0.1, -0.05) is 0 Å². The van der Waals surface area contributed by atoms with Gasteiger partial charge in [0, 0.05) is 32.1 Å². The van der Waals surface area contributed by atoms with E-state index in [1.165, 1.54) is 12.1 Å². The standard InChI is InChI=1S/C17H15F2N3O2/c18-17(19)5-8-21(9-6-17)15-14-2-1-7-22(14)13-4-3-11(16(23)24)10-12(13)20-15/h1-4,7,10H,5-6,8-9H2,(H,23,24). The van der Waals surface area contributed by atoms with E-state index in [-0.39, 0.29) is 31.5 Å². The van der Waals surface area contributed by atoms with Gasteiger partial charge in [0.25, 0.3) is 5.92 Å². The summed E-state index contributed by atoms with van der Waals surface area (Å²) in [6.07, 6.45) is 1.46. The van der Waals surface area contributed by atoms with Crippen LogP contribution in [-0.4, -0.2) is 39.5 Å². The van der Waals surface area contributed by atoms with Crippen LogP contribution in [0.5, 0.6) is 0 Å². The van der Waals surface area contributed by atoms with Crippen LogP contribution in [0.4, 0.5) is 14.6 Å². The third-order valence-electron chi connectivity index (χ3n) is 4.48. The molecule has 0 spiro atoms. The predicted molar refractivity (Wildman–Crippen MR) is 86.1 cm³/mol. The van der Waals surface area contributed by atoms with E-state index in [9.17, 15) is 13.6 Å². The van der Waals surface area contributed by atoms with Crippen molar-refractivity contribution < 1.29 is 18.7 Å². The first-order valence-corrected chi connectivity index (χ1v) is 7.71. The fraction of sp³-hybridized carbons (Fsp3) is 0.294. The molecule has 1 aliphatic heterocycles. The molecule has 3 aromatic rings. The molecule has 24 heavy (non-hydrogen) atoms. The van der Waals surface area contributed by atoms with Crippen molar-refractivity contribution in [3.63, 3.8) is 0 Å². The SMILES string of the molecule is O=C(O)c1ccc2c(c1)nc(N1CCC(F)(F)CC1)c1cccn12. The van der Waals surface area contributed by atoms with Gasteiger partial charge in [-0.05, 0) is 30.3 Å². The number of hydrogen-bond donors (Lipinski definition) is 1. The van der Waals surface area contributed by atoms with Gasteiger partial charge in [-0.25, -0.2) is 18.6 Å². The zero-order valence-corrected chi connectivity index (χ0v) is 12.7. The van der Waals surface area contributed by atoms with Crippen LogP contribution < -0.4 is 4.90 Å². The first-order valence-electron chi connectivity index (χ1n) is 7.71. The fourth-order valence-electron chi connectivity index (χ4n) is 3.17. The number of anilines is 1. The lowest BCUT2D eigenvalue weighted by Crippen LogP contribution is -2.40. The van der Waals surface area contributed by atoms with E-state index in [2.05, 4.69) is 4.98 Å². The Hall–Kier alpha value is -2.70. The molecule has 0 bridgehead atoms. The van der Waals surface area contributed by atoms with E-state index >= 15 is 0 Å². The highest BCUT2D eigenvalue weighted by Crippen LogP contribution is 2.33. The first-order chi connectivity index (χ1) is 11.4. The second-order valence-electron chi connectivity index (χ2n) is 6.05. The number of nitrogens with zero attached hydrogens (tertiary/aromatic N) is 3. The van der Waals surface area contributed by atoms with Gasteiger partial charge in [0.15, 0.2) is 5.82 Å². The van der Waals surface area contributed by atoms with Gasteiger partial charge in [0.05, 0.1) is 22.1 Å². The van der Waals surface area contributed by atoms with Crippen molar-refractivity contribution in [2.24, 2.45) is 0 Å². The van der Waals surface area contributed by atoms with Crippen molar-refractivity contribution in [3.8, 4) is 0 Å². The molecule has 0 aliphatic carbocycles. The molecule has 0 saturated carbocycles. The second-order valence-corrected chi connectivity index (χ2v) is 6.05. The van der Waals surface area contributed by atoms with Gasteiger partial charge in [-0.15, -0.1) is 0 Å². The third kappa shape index (κ3) is 2.36. The Morgan fingerprint density at radius 2 is 1.92 bits per heavy atom. The molecule has 1 aliphatic rings. The molecule has 3 heterocycles. The number of piperidine rings is 1. The summed E-state index contributed by atoms with van der Waals surface area (Å²) >= 11 is 0. The maximum Gasteiger partial charge on any atom is 0.335 e. The molecule has 1 aromatic carbocycles. The number of benzene rings is 1. The fourth-order valence-corrected chi connectivity index (χ4v) is 3.17. The number of aromatic nitrogens is 2. The van der Waals surface area contributed by atoms with Crippen molar-refractivity contribution in [1.29, 1.82) is 0 Å². The molecule has 5 nitrogen and oxygen atoms in total. The summed E-state index contributed by atoms with van der Waals surface area (Å²) in [4.78, 5) is 17.6. The van der Waals surface area contributed by atoms with Crippen molar-refractivity contribution in [1.82, 2.24) is 9.38 Å². The second kappa shape index (κ2) is 5.15. The highest BCUT2D eigenvalue weighted by Gasteiger charge is 2.35. The molecule has 1 N–H and O–H groups in total. The smallest absolute Gasteiger partial charge is 0.335 e. The maximum absolute atomic E-state index is 13.4. The van der Waals surface area contributed by atoms with Gasteiger partial charge in [-0.3, -0.25) is 0 Å². The Balaban J connectivity index is 1.87. The van der Waals surface area contributed by atoms with Crippen LogP contribution >= 0.6 is 0 Å². The average Bonchev–Trinajstić information content (AvgIpc) is 3.03. The van der Waals surface area contributed by atoms with Crippen molar-refractivity contribution in [3.05, 3.63) is 42.1 Å². The normalized spacial score (nSPS) is 17.5. The van der Waals surface area contributed by atoms with E-state index in [1.807, 2.05) is 27.6 Å². The summed E-state index contributed by atoms with van der Waals surface area (Å²) < 4.78 is 28.8. The molecular formula is C17H15F2N3O2. The number of hydrogen-bond acceptors (Lipinski definition) is 3. The van der Waals surface area contributed by atoms with E-state index in [1.54, 1.807) is 6.07 Å². The van der Waals surface area contributed by atoms with Gasteiger partial charge < -0.3 is 14.4 Å². The van der Waals surface area contributed by atoms with Gasteiger partial charge >= 0.3 is 5.97 Å². The molecule has 0 amide bonds. The molecule has 0 unspecified atom stereocenters. The summed E-state index contributed by atoms with van der Waals surface area (Å²) in [6.45, 7) is 0.454. The van der Waals surface area contributed by atoms with Gasteiger partial charge in [0.2, 0.25) is 0 Å². The van der Waals surface area contributed by atoms with Crippen molar-refractivity contribution >= 4 is 28.3 Å². The summed E-state index contributed by atoms with van der Waals surface area (Å²) in [5.41, 5.74) is 2.30. The number of halogens is 2. The molecule has 0 atom stereocenters. The lowest BCUT2D eigenvalue weighted by molar-refractivity contribution is -0.0221. The molecule has 4 rings (SSSR count). The zero-order valence-electron chi connectivity index (χ0n) is 12.7. The van der Waals surface area contributed by atoms with Gasteiger partial charge in [-0.2, -0.15) is 0 Å². The summed E-state index contributed by atoms with van der Waals surface area (Å²) in [5.74, 6) is -3.03. The zero-order chi connectivity index (χ0) is 16.9. The maximum atomic E-state index is 13.4. The van der Waals surface area contributed by atoms with Crippen LogP contribution in [0.3, 0.4) is 0 Å². The van der Waals surface area contributed by atoms with Crippen LogP contribution in [0, 0.1) is 0 Å². The Morgan fingerprint density at radius 3 is 2.62 bits per heavy atom. The highest BCUT2D eigenvalue weighted by atomic mass is 19.3. The molecular weight excluding hydrogens is 316 g/mol. The predicted octanol–water partition coefficient (Wildman–Crippen LogP) is 3.42. The minimum absolute atomic E-state index is 0.151. The monoisotopic (exact) mass is 331 g/mol. The Bertz CT molecular complexity index is 942. The highest BCUT2D eigenvalue weighted by molar-refractivity contribution is 5.94. The number of rotatable bonds is 2. The number of alkyl halides is 2. The van der Waals surface area contributed by atoms with E-state index < -0.39 is 11.9 Å². The number of fused-ring (bicyclic) bond motifs is 3. The number of carboxylic acid groups (broad SMARTS) is 1. The number of aromatic carboxylic acids is 1. The van der Waals surface area contributed by atoms with Gasteiger partial charge in [0.1, 0.15) is 0 Å². The van der Waals surface area contributed by atoms with Crippen LogP contribution in [0.2, 0.25) is 0 Å². The minimum atomic E-state index is -2.62. The van der Waals surface area contributed by atoms with E-state index in [4.69, 9.17) is 5.11 Å². The summed E-state index contributed by atoms with van der Waals surface area (Å²) in [6, 6.07) is 8.52. The van der Waals surface area contributed by atoms with E-state index in [0.29, 0.717) is 11.3 Å². The minimum Gasteiger partial charge on any atom is -0.478 e. The summed E-state index contributed by atoms with van der Waals surface area (Å²) in [5, 5.41) is 9.16.